The molecule has 0 aromatic heterocycles. The first kappa shape index (κ1) is 55.9. The van der Waals surface area contributed by atoms with E-state index in [1.807, 2.05) is 18.2 Å². The van der Waals surface area contributed by atoms with Crippen LogP contribution in [0.5, 0.6) is 0 Å². The molecule has 1 aliphatic heterocycles. The Morgan fingerprint density at radius 2 is 1.03 bits per heavy atom. The molecule has 1 saturated heterocycles. The molecule has 0 radical (unpaired) electrons. The number of aliphatic hydroxyl groups excluding tert-OH is 5. The molecule has 1 heterocycles. The zero-order valence-electron chi connectivity index (χ0n) is 37.9. The number of unbranched alkanes of at least 4 members (excludes halogenated alkanes) is 11. The van der Waals surface area contributed by atoms with Crippen molar-refractivity contribution in [2.24, 2.45) is 0 Å². The maximum atomic E-state index is 12.9. The maximum Gasteiger partial charge on any atom is 0.220 e. The van der Waals surface area contributed by atoms with Gasteiger partial charge in [0.25, 0.3) is 0 Å². The lowest BCUT2D eigenvalue weighted by atomic mass is 9.99. The fourth-order valence-electron chi connectivity index (χ4n) is 6.56. The Morgan fingerprint density at radius 1 is 0.574 bits per heavy atom. The van der Waals surface area contributed by atoms with Gasteiger partial charge in [-0.1, -0.05) is 175 Å². The first-order valence-electron chi connectivity index (χ1n) is 23.6. The molecule has 0 aliphatic carbocycles. The summed E-state index contributed by atoms with van der Waals surface area (Å²) in [6, 6.07) is -0.876. The monoisotopic (exact) mass is 852 g/mol. The second-order valence-corrected chi connectivity index (χ2v) is 15.8. The van der Waals surface area contributed by atoms with Crippen LogP contribution in [0.3, 0.4) is 0 Å². The number of nitrogens with one attached hydrogen (secondary N) is 1. The minimum atomic E-state index is -1.59. The van der Waals surface area contributed by atoms with Crippen molar-refractivity contribution in [2.45, 2.75) is 198 Å². The highest BCUT2D eigenvalue weighted by Crippen LogP contribution is 2.22. The Hall–Kier alpha value is -3.15. The molecule has 6 N–H and O–H groups in total. The van der Waals surface area contributed by atoms with E-state index in [-0.39, 0.29) is 18.9 Å². The zero-order valence-corrected chi connectivity index (χ0v) is 37.9. The van der Waals surface area contributed by atoms with Crippen LogP contribution in [0.25, 0.3) is 0 Å². The van der Waals surface area contributed by atoms with Crippen LogP contribution in [0.15, 0.2) is 109 Å². The fourth-order valence-corrected chi connectivity index (χ4v) is 6.56. The van der Waals surface area contributed by atoms with E-state index in [1.54, 1.807) is 6.08 Å². The summed E-state index contributed by atoms with van der Waals surface area (Å²) in [5, 5.41) is 54.1. The van der Waals surface area contributed by atoms with E-state index in [2.05, 4.69) is 104 Å². The molecule has 7 unspecified atom stereocenters. The first-order valence-corrected chi connectivity index (χ1v) is 23.6. The van der Waals surface area contributed by atoms with Crippen molar-refractivity contribution in [1.29, 1.82) is 0 Å². The summed E-state index contributed by atoms with van der Waals surface area (Å²) in [6.07, 6.45) is 52.9. The average Bonchev–Trinajstić information content (AvgIpc) is 3.26. The van der Waals surface area contributed by atoms with Crippen LogP contribution >= 0.6 is 0 Å². The average molecular weight is 852 g/mol. The Bertz CT molecular complexity index is 1310. The number of carbonyl (C=O) groups excluding carboxylic acids is 1. The lowest BCUT2D eigenvalue weighted by molar-refractivity contribution is -0.302. The SMILES string of the molecule is CC/C=C\C/C=C\C/C=C\C/C=C\C/C=C\C/C=C\CCC(=O)NC(COC1OC(CO)C(O)C(O)C1O)C(O)/C=C/CC/C=C/CC/C=C/CCCCCCCCCCC. The van der Waals surface area contributed by atoms with Gasteiger partial charge in [-0.2, -0.15) is 0 Å². The van der Waals surface area contributed by atoms with E-state index in [1.165, 1.54) is 57.8 Å². The van der Waals surface area contributed by atoms with E-state index in [0.29, 0.717) is 12.8 Å². The third kappa shape index (κ3) is 31.4. The van der Waals surface area contributed by atoms with Crippen LogP contribution < -0.4 is 5.32 Å². The zero-order chi connectivity index (χ0) is 44.4. The van der Waals surface area contributed by atoms with Crippen LogP contribution in [-0.4, -0.2) is 87.5 Å². The summed E-state index contributed by atoms with van der Waals surface area (Å²) in [5.41, 5.74) is 0. The van der Waals surface area contributed by atoms with Crippen LogP contribution in [0.1, 0.15) is 155 Å². The van der Waals surface area contributed by atoms with Gasteiger partial charge in [0.15, 0.2) is 6.29 Å². The number of aliphatic hydroxyl groups is 5. The molecule has 346 valence electrons. The Morgan fingerprint density at radius 3 is 1.56 bits per heavy atom. The number of carbonyl (C=O) groups is 1. The molecule has 0 saturated carbocycles. The van der Waals surface area contributed by atoms with Crippen LogP contribution in [0.2, 0.25) is 0 Å². The van der Waals surface area contributed by atoms with E-state index >= 15 is 0 Å². The normalized spacial score (nSPS) is 21.5. The van der Waals surface area contributed by atoms with Crippen molar-refractivity contribution in [3.8, 4) is 0 Å². The second kappa shape index (κ2) is 40.9. The van der Waals surface area contributed by atoms with Gasteiger partial charge in [0, 0.05) is 6.42 Å². The molecule has 0 bridgehead atoms. The van der Waals surface area contributed by atoms with Gasteiger partial charge in [0.1, 0.15) is 24.4 Å². The van der Waals surface area contributed by atoms with Gasteiger partial charge in [0.2, 0.25) is 5.91 Å². The third-order valence-electron chi connectivity index (χ3n) is 10.3. The highest BCUT2D eigenvalue weighted by Gasteiger charge is 2.44. The van der Waals surface area contributed by atoms with Gasteiger partial charge in [0.05, 0.1) is 25.4 Å². The Kier molecular flexibility index (Phi) is 37.5. The molecule has 7 atom stereocenters. The van der Waals surface area contributed by atoms with Crippen LogP contribution in [-0.2, 0) is 14.3 Å². The Labute approximate surface area is 370 Å². The standard InChI is InChI=1S/C52H85NO8/c1-3-5-7-9-11-13-15-17-19-21-23-25-27-29-31-33-35-37-39-41-46(55)45(44-60-52-51(59)50(58)49(57)47(43-54)61-52)53-48(56)42-40-38-36-34-32-30-28-26-24-22-20-18-16-14-12-10-8-6-4-2/h6,8,12,14,18,20,23-26,30-33,36,38-39,41,45-47,49-52,54-55,57-59H,3-5,7,9-11,13,15-17,19,21-22,27-29,34-35,37,40,42-44H2,1-2H3,(H,53,56)/b8-6-,14-12-,20-18-,25-23+,26-24-,32-30-,33-31+,38-36-,41-39+. The highest BCUT2D eigenvalue weighted by atomic mass is 16.7. The van der Waals surface area contributed by atoms with Gasteiger partial charge >= 0.3 is 0 Å². The van der Waals surface area contributed by atoms with Gasteiger partial charge in [-0.05, 0) is 83.5 Å². The minimum absolute atomic E-state index is 0.203. The number of allylic oxidation sites excluding steroid dienone is 17. The van der Waals surface area contributed by atoms with Gasteiger partial charge in [-0.15, -0.1) is 0 Å². The Balaban J connectivity index is 2.46. The number of rotatable bonds is 37. The number of hydrogen-bond donors (Lipinski definition) is 6. The van der Waals surface area contributed by atoms with Crippen molar-refractivity contribution in [2.75, 3.05) is 13.2 Å². The highest BCUT2D eigenvalue weighted by molar-refractivity contribution is 5.76. The number of hydrogen-bond acceptors (Lipinski definition) is 8. The van der Waals surface area contributed by atoms with Crippen LogP contribution in [0, 0.1) is 0 Å². The summed E-state index contributed by atoms with van der Waals surface area (Å²) in [7, 11) is 0. The van der Waals surface area contributed by atoms with E-state index < -0.39 is 49.5 Å². The summed E-state index contributed by atoms with van der Waals surface area (Å²) < 4.78 is 11.2. The van der Waals surface area contributed by atoms with Gasteiger partial charge < -0.3 is 40.3 Å². The number of ether oxygens (including phenoxy) is 2. The van der Waals surface area contributed by atoms with Crippen molar-refractivity contribution in [3.63, 3.8) is 0 Å². The van der Waals surface area contributed by atoms with E-state index in [9.17, 15) is 30.3 Å². The molecule has 1 aliphatic rings. The smallest absolute Gasteiger partial charge is 0.220 e. The predicted molar refractivity (Wildman–Crippen MR) is 253 cm³/mol. The molecule has 0 aromatic rings. The summed E-state index contributed by atoms with van der Waals surface area (Å²) >= 11 is 0. The molecule has 0 aromatic carbocycles. The topological polar surface area (TPSA) is 149 Å². The molecular weight excluding hydrogens is 767 g/mol. The predicted octanol–water partition coefficient (Wildman–Crippen LogP) is 10.3. The van der Waals surface area contributed by atoms with Gasteiger partial charge in [-0.3, -0.25) is 4.79 Å². The minimum Gasteiger partial charge on any atom is -0.394 e. The molecule has 9 nitrogen and oxygen atoms in total. The first-order chi connectivity index (χ1) is 29.8. The summed E-state index contributed by atoms with van der Waals surface area (Å²) in [4.78, 5) is 12.9. The summed E-state index contributed by atoms with van der Waals surface area (Å²) in [5.74, 6) is -0.278. The molecule has 1 fully saturated rings. The van der Waals surface area contributed by atoms with Crippen molar-refractivity contribution < 1.29 is 39.8 Å². The maximum absolute atomic E-state index is 12.9. The lowest BCUT2D eigenvalue weighted by Crippen LogP contribution is -2.60. The molecule has 61 heavy (non-hydrogen) atoms. The lowest BCUT2D eigenvalue weighted by Gasteiger charge is -2.40. The quantitative estimate of drug-likeness (QED) is 0.0267. The largest absolute Gasteiger partial charge is 0.394 e. The van der Waals surface area contributed by atoms with Crippen molar-refractivity contribution in [1.82, 2.24) is 5.32 Å². The fraction of sp³-hybridized carbons (Fsp3) is 0.635. The molecular formula is C52H85NO8. The van der Waals surface area contributed by atoms with E-state index in [0.717, 1.165) is 64.2 Å². The van der Waals surface area contributed by atoms with Gasteiger partial charge in [-0.25, -0.2) is 0 Å². The number of amides is 1. The summed E-state index contributed by atoms with van der Waals surface area (Å²) in [6.45, 7) is 3.57. The van der Waals surface area contributed by atoms with E-state index in [4.69, 9.17) is 9.47 Å². The third-order valence-corrected chi connectivity index (χ3v) is 10.3. The van der Waals surface area contributed by atoms with Crippen molar-refractivity contribution >= 4 is 5.91 Å². The molecule has 0 spiro atoms. The van der Waals surface area contributed by atoms with Crippen molar-refractivity contribution in [3.05, 3.63) is 109 Å². The molecule has 1 amide bonds. The molecule has 9 heteroatoms. The van der Waals surface area contributed by atoms with Crippen LogP contribution in [0.4, 0.5) is 0 Å². The molecule has 1 rings (SSSR count). The second-order valence-electron chi connectivity index (χ2n) is 15.8.